The molecule has 0 aliphatic heterocycles. The zero-order valence-electron chi connectivity index (χ0n) is 7.30. The number of fused-ring (bicyclic) bond motifs is 3. The largest absolute Gasteiger partial charge is 0.390 e. The second-order valence-electron chi connectivity index (χ2n) is 4.10. The van der Waals surface area contributed by atoms with Crippen LogP contribution >= 0.6 is 0 Å². The molecule has 3 saturated carbocycles. The molecule has 6 N–H and O–H groups in total. The Labute approximate surface area is 80.0 Å². The van der Waals surface area contributed by atoms with Crippen molar-refractivity contribution in [2.45, 2.75) is 36.6 Å². The van der Waals surface area contributed by atoms with Crippen molar-refractivity contribution in [2.24, 2.45) is 11.8 Å². The lowest BCUT2D eigenvalue weighted by Crippen LogP contribution is -2.72. The molecule has 6 nitrogen and oxygen atoms in total. The molecule has 0 aromatic heterocycles. The van der Waals surface area contributed by atoms with Crippen LogP contribution < -0.4 is 0 Å². The van der Waals surface area contributed by atoms with Crippen LogP contribution in [-0.4, -0.2) is 67.3 Å². The van der Waals surface area contributed by atoms with E-state index in [-0.39, 0.29) is 0 Å². The van der Waals surface area contributed by atoms with E-state index < -0.39 is 48.5 Å². The molecule has 3 rings (SSSR count). The summed E-state index contributed by atoms with van der Waals surface area (Å²) in [7, 11) is 0. The summed E-state index contributed by atoms with van der Waals surface area (Å²) in [6, 6.07) is 0. The lowest BCUT2D eigenvalue weighted by Gasteiger charge is -2.54. The molecule has 82 valence electrons. The van der Waals surface area contributed by atoms with Crippen molar-refractivity contribution in [2.75, 3.05) is 0 Å². The van der Waals surface area contributed by atoms with Crippen molar-refractivity contribution in [3.05, 3.63) is 0 Å². The monoisotopic (exact) mass is 206 g/mol. The highest BCUT2D eigenvalue weighted by atomic mass is 16.4. The SMILES string of the molecule is O[C@@H]1C2[C@H](O)[C@H](O)C([C@@H](O)[C@H]2O)[C@@H]1O. The van der Waals surface area contributed by atoms with Gasteiger partial charge in [-0.15, -0.1) is 0 Å². The van der Waals surface area contributed by atoms with Crippen LogP contribution in [-0.2, 0) is 0 Å². The smallest absolute Gasteiger partial charge is 0.0883 e. The van der Waals surface area contributed by atoms with E-state index in [0.717, 1.165) is 0 Å². The average molecular weight is 206 g/mol. The van der Waals surface area contributed by atoms with Crippen LogP contribution in [0.15, 0.2) is 0 Å². The van der Waals surface area contributed by atoms with Crippen molar-refractivity contribution in [1.29, 1.82) is 0 Å². The molecule has 0 amide bonds. The van der Waals surface area contributed by atoms with Gasteiger partial charge in [0.15, 0.2) is 0 Å². The second kappa shape index (κ2) is 3.13. The summed E-state index contributed by atoms with van der Waals surface area (Å²) in [5.74, 6) is -2.19. The zero-order valence-corrected chi connectivity index (χ0v) is 7.30. The van der Waals surface area contributed by atoms with E-state index in [0.29, 0.717) is 0 Å². The Morgan fingerprint density at radius 1 is 0.357 bits per heavy atom. The van der Waals surface area contributed by atoms with Crippen LogP contribution in [0.4, 0.5) is 0 Å². The minimum atomic E-state index is -1.31. The summed E-state index contributed by atoms with van der Waals surface area (Å²) in [6.45, 7) is 0. The van der Waals surface area contributed by atoms with Gasteiger partial charge < -0.3 is 30.6 Å². The Bertz CT molecular complexity index is 172. The molecule has 0 saturated heterocycles. The van der Waals surface area contributed by atoms with E-state index in [1.54, 1.807) is 0 Å². The number of aliphatic hydroxyl groups is 6. The Balaban J connectivity index is 2.34. The number of hydrogen-bond acceptors (Lipinski definition) is 6. The predicted molar refractivity (Wildman–Crippen MR) is 43.0 cm³/mol. The van der Waals surface area contributed by atoms with Gasteiger partial charge in [0.25, 0.3) is 0 Å². The molecule has 6 atom stereocenters. The molecule has 0 radical (unpaired) electrons. The molecule has 0 aromatic carbocycles. The minimum absolute atomic E-state index is 1.10. The molecular formula is C8H14O6. The maximum atomic E-state index is 9.45. The number of aliphatic hydroxyl groups excluding tert-OH is 6. The Hall–Kier alpha value is -0.240. The molecular weight excluding hydrogens is 192 g/mol. The van der Waals surface area contributed by atoms with Crippen LogP contribution in [0.2, 0.25) is 0 Å². The third kappa shape index (κ3) is 1.06. The molecule has 3 fully saturated rings. The number of rotatable bonds is 0. The number of hydrogen-bond donors (Lipinski definition) is 6. The first-order valence-corrected chi connectivity index (χ1v) is 4.55. The van der Waals surface area contributed by atoms with Gasteiger partial charge in [0.1, 0.15) is 0 Å². The summed E-state index contributed by atoms with van der Waals surface area (Å²) >= 11 is 0. The van der Waals surface area contributed by atoms with Gasteiger partial charge in [0.2, 0.25) is 0 Å². The predicted octanol–water partition coefficient (Wildman–Crippen LogP) is -3.59. The van der Waals surface area contributed by atoms with Gasteiger partial charge in [-0.2, -0.15) is 0 Å². The Morgan fingerprint density at radius 2 is 0.500 bits per heavy atom. The van der Waals surface area contributed by atoms with Gasteiger partial charge >= 0.3 is 0 Å². The molecule has 14 heavy (non-hydrogen) atoms. The molecule has 0 aromatic rings. The van der Waals surface area contributed by atoms with Gasteiger partial charge in [-0.25, -0.2) is 0 Å². The average Bonchev–Trinajstić information content (AvgIpc) is 2.12. The van der Waals surface area contributed by atoms with Gasteiger partial charge in [-0.3, -0.25) is 0 Å². The molecule has 0 unspecified atom stereocenters. The standard InChI is InChI=1S/C8H14O6/c9-3-1-4(10)7(13)2(6(3)12)8(14)5(1)11/h1-14H/t1?,2?,3-,4-,5+,6+,7+,8-. The van der Waals surface area contributed by atoms with Crippen molar-refractivity contribution < 1.29 is 30.6 Å². The molecule has 0 heterocycles. The Morgan fingerprint density at radius 3 is 0.643 bits per heavy atom. The van der Waals surface area contributed by atoms with Gasteiger partial charge in [-0.05, 0) is 0 Å². The second-order valence-corrected chi connectivity index (χ2v) is 4.10. The molecule has 2 bridgehead atoms. The lowest BCUT2D eigenvalue weighted by atomic mass is 9.61. The first kappa shape index (κ1) is 10.3. The maximum Gasteiger partial charge on any atom is 0.0883 e. The summed E-state index contributed by atoms with van der Waals surface area (Å²) in [5, 5.41) is 56.7. The van der Waals surface area contributed by atoms with Gasteiger partial charge in [0.05, 0.1) is 36.6 Å². The quantitative estimate of drug-likeness (QED) is 0.244. The molecule has 3 aliphatic rings. The summed E-state index contributed by atoms with van der Waals surface area (Å²) < 4.78 is 0. The van der Waals surface area contributed by atoms with Crippen molar-refractivity contribution in [3.63, 3.8) is 0 Å². The van der Waals surface area contributed by atoms with Crippen molar-refractivity contribution >= 4 is 0 Å². The first-order chi connectivity index (χ1) is 6.46. The van der Waals surface area contributed by atoms with Crippen LogP contribution in [0.1, 0.15) is 0 Å². The fraction of sp³-hybridized carbons (Fsp3) is 1.00. The third-order valence-electron chi connectivity index (χ3n) is 3.42. The van der Waals surface area contributed by atoms with Crippen LogP contribution in [0.25, 0.3) is 0 Å². The van der Waals surface area contributed by atoms with Crippen molar-refractivity contribution in [3.8, 4) is 0 Å². The zero-order chi connectivity index (χ0) is 10.6. The van der Waals surface area contributed by atoms with E-state index in [1.165, 1.54) is 0 Å². The lowest BCUT2D eigenvalue weighted by molar-refractivity contribution is -0.279. The highest BCUT2D eigenvalue weighted by molar-refractivity contribution is 5.10. The minimum Gasteiger partial charge on any atom is -0.390 e. The van der Waals surface area contributed by atoms with E-state index in [2.05, 4.69) is 0 Å². The summed E-state index contributed by atoms with van der Waals surface area (Å²) in [6.07, 6.45) is -7.85. The van der Waals surface area contributed by atoms with E-state index in [1.807, 2.05) is 0 Å². The third-order valence-corrected chi connectivity index (χ3v) is 3.42. The summed E-state index contributed by atoms with van der Waals surface area (Å²) in [4.78, 5) is 0. The van der Waals surface area contributed by atoms with Gasteiger partial charge in [-0.1, -0.05) is 0 Å². The highest BCUT2D eigenvalue weighted by Gasteiger charge is 2.61. The fourth-order valence-corrected chi connectivity index (χ4v) is 2.58. The first-order valence-electron chi connectivity index (χ1n) is 4.55. The topological polar surface area (TPSA) is 121 Å². The van der Waals surface area contributed by atoms with E-state index in [4.69, 9.17) is 0 Å². The molecule has 6 heteroatoms. The van der Waals surface area contributed by atoms with E-state index in [9.17, 15) is 30.6 Å². The van der Waals surface area contributed by atoms with E-state index >= 15 is 0 Å². The van der Waals surface area contributed by atoms with Crippen molar-refractivity contribution in [1.82, 2.24) is 0 Å². The van der Waals surface area contributed by atoms with Crippen LogP contribution in [0.3, 0.4) is 0 Å². The Kier molecular flexibility index (Phi) is 2.30. The summed E-state index contributed by atoms with van der Waals surface area (Å²) in [5.41, 5.74) is 0. The van der Waals surface area contributed by atoms with Crippen LogP contribution in [0, 0.1) is 11.8 Å². The molecule has 3 aliphatic carbocycles. The maximum absolute atomic E-state index is 9.45. The highest BCUT2D eigenvalue weighted by Crippen LogP contribution is 2.42. The van der Waals surface area contributed by atoms with Crippen LogP contribution in [0.5, 0.6) is 0 Å². The fourth-order valence-electron chi connectivity index (χ4n) is 2.58. The van der Waals surface area contributed by atoms with Gasteiger partial charge in [0, 0.05) is 11.8 Å². The normalized spacial score (nSPS) is 63.0. The molecule has 0 spiro atoms.